The first-order valence-electron chi connectivity index (χ1n) is 3.13. The molecule has 0 N–H and O–H groups in total. The van der Waals surface area contributed by atoms with Crippen LogP contribution in [0.25, 0.3) is 0 Å². The quantitative estimate of drug-likeness (QED) is 0.435. The summed E-state index contributed by atoms with van der Waals surface area (Å²) < 4.78 is 9.97. The van der Waals surface area contributed by atoms with Gasteiger partial charge in [-0.1, -0.05) is 0 Å². The van der Waals surface area contributed by atoms with Crippen molar-refractivity contribution in [3.63, 3.8) is 0 Å². The van der Waals surface area contributed by atoms with Crippen LogP contribution in [0.5, 0.6) is 0 Å². The number of nitrogens with zero attached hydrogens (tertiary/aromatic N) is 1. The smallest absolute Gasteiger partial charge is 0.274 e. The third-order valence-electron chi connectivity index (χ3n) is 1.42. The van der Waals surface area contributed by atoms with Gasteiger partial charge in [-0.05, 0) is 5.23 Å². The van der Waals surface area contributed by atoms with E-state index in [0.717, 1.165) is 5.23 Å². The van der Waals surface area contributed by atoms with Crippen LogP contribution < -0.4 is 0 Å². The lowest BCUT2D eigenvalue weighted by molar-refractivity contribution is -0.493. The molecule has 0 bridgehead atoms. The summed E-state index contributed by atoms with van der Waals surface area (Å²) in [5, 5.41) is 1.10. The van der Waals surface area contributed by atoms with E-state index >= 15 is 0 Å². The summed E-state index contributed by atoms with van der Waals surface area (Å²) in [4.78, 5) is 9.62. The summed E-state index contributed by atoms with van der Waals surface area (Å²) in [6.07, 6.45) is 0. The standard InChI is InChI=1S/C6H15NO4/c1-6(8-2,9-3)7(10-4)11-5/h1-5H3. The summed E-state index contributed by atoms with van der Waals surface area (Å²) in [6, 6.07) is 0. The Labute approximate surface area is 66.7 Å². The van der Waals surface area contributed by atoms with E-state index < -0.39 is 5.91 Å². The van der Waals surface area contributed by atoms with Crippen molar-refractivity contribution in [2.24, 2.45) is 0 Å². The van der Waals surface area contributed by atoms with Crippen LogP contribution in [0.4, 0.5) is 0 Å². The molecule has 0 spiro atoms. The van der Waals surface area contributed by atoms with E-state index in [1.165, 1.54) is 28.4 Å². The van der Waals surface area contributed by atoms with Gasteiger partial charge in [0.1, 0.15) is 0 Å². The van der Waals surface area contributed by atoms with E-state index in [0.29, 0.717) is 0 Å². The maximum absolute atomic E-state index is 4.98. The summed E-state index contributed by atoms with van der Waals surface area (Å²) in [6.45, 7) is 1.67. The maximum Gasteiger partial charge on any atom is 0.274 e. The van der Waals surface area contributed by atoms with Gasteiger partial charge in [-0.15, -0.1) is 0 Å². The van der Waals surface area contributed by atoms with Crippen molar-refractivity contribution in [1.29, 1.82) is 0 Å². The Morgan fingerprint density at radius 3 is 1.36 bits per heavy atom. The number of methoxy groups -OCH3 is 2. The summed E-state index contributed by atoms with van der Waals surface area (Å²) in [7, 11) is 5.91. The second kappa shape index (κ2) is 4.63. The Morgan fingerprint density at radius 1 is 0.909 bits per heavy atom. The molecule has 0 amide bonds. The van der Waals surface area contributed by atoms with E-state index in [2.05, 4.69) is 0 Å². The first-order valence-corrected chi connectivity index (χ1v) is 3.13. The molecule has 0 atom stereocenters. The van der Waals surface area contributed by atoms with E-state index in [-0.39, 0.29) is 0 Å². The average molecular weight is 165 g/mol. The normalized spacial score (nSPS) is 12.5. The van der Waals surface area contributed by atoms with E-state index in [9.17, 15) is 0 Å². The summed E-state index contributed by atoms with van der Waals surface area (Å²) >= 11 is 0. The Balaban J connectivity index is 4.19. The predicted molar refractivity (Wildman–Crippen MR) is 38.3 cm³/mol. The Morgan fingerprint density at radius 2 is 1.27 bits per heavy atom. The Hall–Kier alpha value is -0.200. The topological polar surface area (TPSA) is 40.2 Å². The van der Waals surface area contributed by atoms with Crippen LogP contribution in [0.1, 0.15) is 6.92 Å². The van der Waals surface area contributed by atoms with E-state index in [1.807, 2.05) is 0 Å². The van der Waals surface area contributed by atoms with Crippen LogP contribution in [0.2, 0.25) is 0 Å². The van der Waals surface area contributed by atoms with Gasteiger partial charge in [-0.2, -0.15) is 0 Å². The molecule has 0 aliphatic rings. The van der Waals surface area contributed by atoms with Crippen LogP contribution >= 0.6 is 0 Å². The Bertz CT molecular complexity index is 101. The zero-order valence-electron chi connectivity index (χ0n) is 7.58. The van der Waals surface area contributed by atoms with Gasteiger partial charge in [-0.3, -0.25) is 9.68 Å². The minimum absolute atomic E-state index is 1.01. The number of rotatable bonds is 5. The molecule has 0 saturated carbocycles. The molecule has 0 unspecified atom stereocenters. The highest BCUT2D eigenvalue weighted by molar-refractivity contribution is 4.48. The minimum Gasteiger partial charge on any atom is -0.338 e. The number of ether oxygens (including phenoxy) is 2. The lowest BCUT2D eigenvalue weighted by Gasteiger charge is -2.33. The molecule has 0 aromatic carbocycles. The first kappa shape index (κ1) is 10.8. The van der Waals surface area contributed by atoms with Gasteiger partial charge in [0.2, 0.25) is 0 Å². The zero-order valence-corrected chi connectivity index (χ0v) is 7.58. The fraction of sp³-hybridized carbons (Fsp3) is 1.00. The molecule has 0 heterocycles. The van der Waals surface area contributed by atoms with Gasteiger partial charge in [0, 0.05) is 21.1 Å². The molecule has 0 aromatic rings. The molecule has 0 radical (unpaired) electrons. The third kappa shape index (κ3) is 2.39. The fourth-order valence-corrected chi connectivity index (χ4v) is 0.639. The molecule has 0 fully saturated rings. The largest absolute Gasteiger partial charge is 0.338 e. The van der Waals surface area contributed by atoms with E-state index in [4.69, 9.17) is 19.1 Å². The van der Waals surface area contributed by atoms with Crippen LogP contribution in [0.15, 0.2) is 0 Å². The monoisotopic (exact) mass is 165 g/mol. The molecule has 68 valence electrons. The lowest BCUT2D eigenvalue weighted by Crippen LogP contribution is -2.48. The number of hydrogen-bond donors (Lipinski definition) is 0. The highest BCUT2D eigenvalue weighted by Gasteiger charge is 2.33. The van der Waals surface area contributed by atoms with Crippen molar-refractivity contribution >= 4 is 0 Å². The van der Waals surface area contributed by atoms with Crippen LogP contribution in [-0.4, -0.2) is 39.6 Å². The minimum atomic E-state index is -1.01. The molecule has 11 heavy (non-hydrogen) atoms. The van der Waals surface area contributed by atoms with Crippen LogP contribution in [-0.2, 0) is 19.1 Å². The van der Waals surface area contributed by atoms with Gasteiger partial charge in [0.25, 0.3) is 5.91 Å². The van der Waals surface area contributed by atoms with Crippen molar-refractivity contribution < 1.29 is 19.1 Å². The van der Waals surface area contributed by atoms with Crippen molar-refractivity contribution in [2.75, 3.05) is 28.4 Å². The summed E-state index contributed by atoms with van der Waals surface area (Å²) in [5.74, 6) is -1.01. The highest BCUT2D eigenvalue weighted by Crippen LogP contribution is 2.15. The van der Waals surface area contributed by atoms with Gasteiger partial charge in [0.05, 0.1) is 14.2 Å². The molecule has 5 heteroatoms. The first-order chi connectivity index (χ1) is 5.14. The van der Waals surface area contributed by atoms with Gasteiger partial charge in [-0.25, -0.2) is 0 Å². The SMILES string of the molecule is CON(OC)C(C)(OC)OC. The van der Waals surface area contributed by atoms with Gasteiger partial charge in [0.15, 0.2) is 0 Å². The van der Waals surface area contributed by atoms with Crippen LogP contribution in [0.3, 0.4) is 0 Å². The maximum atomic E-state index is 4.98. The van der Waals surface area contributed by atoms with Gasteiger partial charge < -0.3 is 9.47 Å². The Kier molecular flexibility index (Phi) is 4.55. The van der Waals surface area contributed by atoms with Crippen molar-refractivity contribution in [3.8, 4) is 0 Å². The molecule has 5 nitrogen and oxygen atoms in total. The molecule has 0 aromatic heterocycles. The number of hydroxylamine groups is 2. The number of hydrogen-bond acceptors (Lipinski definition) is 5. The van der Waals surface area contributed by atoms with Crippen molar-refractivity contribution in [3.05, 3.63) is 0 Å². The molecule has 0 aliphatic heterocycles. The van der Waals surface area contributed by atoms with E-state index in [1.54, 1.807) is 6.92 Å². The van der Waals surface area contributed by atoms with Gasteiger partial charge >= 0.3 is 0 Å². The van der Waals surface area contributed by atoms with Crippen molar-refractivity contribution in [2.45, 2.75) is 12.8 Å². The fourth-order valence-electron chi connectivity index (χ4n) is 0.639. The average Bonchev–Trinajstić information content (AvgIpc) is 2.06. The van der Waals surface area contributed by atoms with Crippen LogP contribution in [0, 0.1) is 0 Å². The third-order valence-corrected chi connectivity index (χ3v) is 1.42. The highest BCUT2D eigenvalue weighted by atomic mass is 17.0. The molecule has 0 saturated heterocycles. The van der Waals surface area contributed by atoms with Crippen molar-refractivity contribution in [1.82, 2.24) is 5.23 Å². The molecular formula is C6H15NO4. The summed E-state index contributed by atoms with van der Waals surface area (Å²) in [5.41, 5.74) is 0. The lowest BCUT2D eigenvalue weighted by atomic mass is 10.6. The predicted octanol–water partition coefficient (Wildman–Crippen LogP) is 0.378. The second-order valence-electron chi connectivity index (χ2n) is 1.93. The molecule has 0 aliphatic carbocycles. The zero-order chi connectivity index (χ0) is 8.91. The second-order valence-corrected chi connectivity index (χ2v) is 1.93. The molecule has 0 rings (SSSR count). The molecular weight excluding hydrogens is 150 g/mol.